The van der Waals surface area contributed by atoms with E-state index < -0.39 is 0 Å². The standard InChI is InChI=1S/C15H14Cl2N2OS/c1-21-8-9-3-2-4-10(5-9)15(20)19-11-6-12(16)14(18)13(17)7-11/h2-7H,8,18H2,1H3,(H,19,20). The molecule has 0 aliphatic rings. The molecule has 0 aromatic heterocycles. The van der Waals surface area contributed by atoms with Gasteiger partial charge in [-0.3, -0.25) is 4.79 Å². The number of benzene rings is 2. The van der Waals surface area contributed by atoms with Crippen molar-refractivity contribution in [2.75, 3.05) is 17.3 Å². The van der Waals surface area contributed by atoms with Gasteiger partial charge in [0.05, 0.1) is 15.7 Å². The monoisotopic (exact) mass is 340 g/mol. The minimum Gasteiger partial charge on any atom is -0.396 e. The molecule has 2 aromatic rings. The minimum atomic E-state index is -0.213. The minimum absolute atomic E-state index is 0.213. The number of amides is 1. The Kier molecular flexibility index (Phi) is 5.39. The summed E-state index contributed by atoms with van der Waals surface area (Å²) in [5.41, 5.74) is 8.17. The third-order valence-corrected chi connectivity index (χ3v) is 4.08. The molecule has 0 atom stereocenters. The molecule has 0 bridgehead atoms. The van der Waals surface area contributed by atoms with Crippen LogP contribution in [0.4, 0.5) is 11.4 Å². The Morgan fingerprint density at radius 2 is 1.90 bits per heavy atom. The van der Waals surface area contributed by atoms with Crippen molar-refractivity contribution in [2.45, 2.75) is 5.75 Å². The molecule has 2 aromatic carbocycles. The molecule has 0 spiro atoms. The van der Waals surface area contributed by atoms with E-state index >= 15 is 0 Å². The normalized spacial score (nSPS) is 10.4. The first kappa shape index (κ1) is 16.0. The number of thioether (sulfide) groups is 1. The fraction of sp³-hybridized carbons (Fsp3) is 0.133. The van der Waals surface area contributed by atoms with Gasteiger partial charge in [0.2, 0.25) is 0 Å². The van der Waals surface area contributed by atoms with Gasteiger partial charge in [0.25, 0.3) is 5.91 Å². The lowest BCUT2D eigenvalue weighted by Gasteiger charge is -2.09. The van der Waals surface area contributed by atoms with Crippen LogP contribution in [-0.2, 0) is 5.75 Å². The van der Waals surface area contributed by atoms with Crippen molar-refractivity contribution >= 4 is 52.2 Å². The van der Waals surface area contributed by atoms with Crippen LogP contribution in [0.2, 0.25) is 10.0 Å². The predicted molar refractivity (Wildman–Crippen MR) is 92.5 cm³/mol. The Morgan fingerprint density at radius 3 is 2.52 bits per heavy atom. The summed E-state index contributed by atoms with van der Waals surface area (Å²) >= 11 is 13.6. The second kappa shape index (κ2) is 7.07. The van der Waals surface area contributed by atoms with Crippen molar-refractivity contribution in [3.63, 3.8) is 0 Å². The summed E-state index contributed by atoms with van der Waals surface area (Å²) in [5, 5.41) is 3.39. The number of carbonyl (C=O) groups excluding carboxylic acids is 1. The molecule has 0 saturated heterocycles. The topological polar surface area (TPSA) is 55.1 Å². The quantitative estimate of drug-likeness (QED) is 0.793. The summed E-state index contributed by atoms with van der Waals surface area (Å²) in [7, 11) is 0. The van der Waals surface area contributed by atoms with E-state index in [0.29, 0.717) is 27.0 Å². The molecule has 0 fully saturated rings. The van der Waals surface area contributed by atoms with Gasteiger partial charge in [0, 0.05) is 17.0 Å². The summed E-state index contributed by atoms with van der Waals surface area (Å²) in [6.45, 7) is 0. The third-order valence-electron chi connectivity index (χ3n) is 2.84. The van der Waals surface area contributed by atoms with Crippen LogP contribution in [0.25, 0.3) is 0 Å². The maximum Gasteiger partial charge on any atom is 0.255 e. The maximum atomic E-state index is 12.2. The molecular formula is C15H14Cl2N2OS. The zero-order valence-corrected chi connectivity index (χ0v) is 13.6. The highest BCUT2D eigenvalue weighted by Crippen LogP contribution is 2.31. The summed E-state index contributed by atoms with van der Waals surface area (Å²) < 4.78 is 0. The number of nitrogens with two attached hydrogens (primary N) is 1. The first-order chi connectivity index (χ1) is 10.0. The van der Waals surface area contributed by atoms with Gasteiger partial charge >= 0.3 is 0 Å². The first-order valence-corrected chi connectivity index (χ1v) is 8.30. The largest absolute Gasteiger partial charge is 0.396 e. The molecule has 3 N–H and O–H groups in total. The smallest absolute Gasteiger partial charge is 0.255 e. The fourth-order valence-corrected chi connectivity index (χ4v) is 2.83. The van der Waals surface area contributed by atoms with Gasteiger partial charge in [-0.1, -0.05) is 35.3 Å². The Hall–Kier alpha value is -1.36. The molecular weight excluding hydrogens is 327 g/mol. The van der Waals surface area contributed by atoms with Crippen molar-refractivity contribution in [1.29, 1.82) is 0 Å². The molecule has 21 heavy (non-hydrogen) atoms. The predicted octanol–water partition coefficient (Wildman–Crippen LogP) is 4.69. The Bertz CT molecular complexity index is 653. The lowest BCUT2D eigenvalue weighted by Crippen LogP contribution is -2.12. The van der Waals surface area contributed by atoms with E-state index in [1.54, 1.807) is 30.0 Å². The summed E-state index contributed by atoms with van der Waals surface area (Å²) in [6, 6.07) is 10.6. The SMILES string of the molecule is CSCc1cccc(C(=O)Nc2cc(Cl)c(N)c(Cl)c2)c1. The Morgan fingerprint density at radius 1 is 1.24 bits per heavy atom. The Labute approximate surface area is 137 Å². The van der Waals surface area contributed by atoms with Crippen molar-refractivity contribution in [1.82, 2.24) is 0 Å². The number of hydrogen-bond donors (Lipinski definition) is 2. The number of nitrogens with one attached hydrogen (secondary N) is 1. The van der Waals surface area contributed by atoms with E-state index in [1.165, 1.54) is 0 Å². The second-order valence-corrected chi connectivity index (χ2v) is 6.12. The molecule has 2 rings (SSSR count). The highest BCUT2D eigenvalue weighted by molar-refractivity contribution is 7.97. The van der Waals surface area contributed by atoms with Crippen LogP contribution in [0.15, 0.2) is 36.4 Å². The second-order valence-electron chi connectivity index (χ2n) is 4.44. The summed E-state index contributed by atoms with van der Waals surface area (Å²) in [4.78, 5) is 12.2. The molecule has 110 valence electrons. The van der Waals surface area contributed by atoms with E-state index in [4.69, 9.17) is 28.9 Å². The molecule has 0 aliphatic carbocycles. The average molecular weight is 341 g/mol. The van der Waals surface area contributed by atoms with Crippen molar-refractivity contribution in [3.8, 4) is 0 Å². The zero-order chi connectivity index (χ0) is 15.4. The van der Waals surface area contributed by atoms with Gasteiger partial charge in [-0.15, -0.1) is 0 Å². The molecule has 1 amide bonds. The van der Waals surface area contributed by atoms with Crippen LogP contribution >= 0.6 is 35.0 Å². The van der Waals surface area contributed by atoms with Crippen molar-refractivity contribution in [2.24, 2.45) is 0 Å². The molecule has 0 unspecified atom stereocenters. The molecule has 6 heteroatoms. The Balaban J connectivity index is 2.20. The van der Waals surface area contributed by atoms with Crippen LogP contribution in [0.3, 0.4) is 0 Å². The fourth-order valence-electron chi connectivity index (χ4n) is 1.83. The van der Waals surface area contributed by atoms with Crippen LogP contribution in [-0.4, -0.2) is 12.2 Å². The third kappa shape index (κ3) is 4.06. The van der Waals surface area contributed by atoms with Crippen LogP contribution in [0.1, 0.15) is 15.9 Å². The first-order valence-electron chi connectivity index (χ1n) is 6.15. The number of carbonyl (C=O) groups is 1. The van der Waals surface area contributed by atoms with E-state index in [1.807, 2.05) is 24.5 Å². The van der Waals surface area contributed by atoms with Gasteiger partial charge < -0.3 is 11.1 Å². The lowest BCUT2D eigenvalue weighted by molar-refractivity contribution is 0.102. The molecule has 0 radical (unpaired) electrons. The highest BCUT2D eigenvalue weighted by atomic mass is 35.5. The highest BCUT2D eigenvalue weighted by Gasteiger charge is 2.10. The van der Waals surface area contributed by atoms with Crippen LogP contribution in [0, 0.1) is 0 Å². The van der Waals surface area contributed by atoms with Gasteiger partial charge in [-0.25, -0.2) is 0 Å². The number of nitrogen functional groups attached to an aromatic ring is 1. The average Bonchev–Trinajstić information content (AvgIpc) is 2.45. The molecule has 0 saturated carbocycles. The van der Waals surface area contributed by atoms with Gasteiger partial charge in [-0.05, 0) is 36.1 Å². The van der Waals surface area contributed by atoms with Crippen LogP contribution in [0.5, 0.6) is 0 Å². The molecule has 3 nitrogen and oxygen atoms in total. The zero-order valence-electron chi connectivity index (χ0n) is 11.3. The molecule has 0 aliphatic heterocycles. The summed E-state index contributed by atoms with van der Waals surface area (Å²) in [6.07, 6.45) is 2.02. The van der Waals surface area contributed by atoms with E-state index in [0.717, 1.165) is 11.3 Å². The lowest BCUT2D eigenvalue weighted by atomic mass is 10.1. The van der Waals surface area contributed by atoms with Crippen molar-refractivity contribution in [3.05, 3.63) is 57.6 Å². The van der Waals surface area contributed by atoms with Gasteiger partial charge in [0.15, 0.2) is 0 Å². The van der Waals surface area contributed by atoms with Gasteiger partial charge in [0.1, 0.15) is 0 Å². The van der Waals surface area contributed by atoms with E-state index in [2.05, 4.69) is 5.32 Å². The van der Waals surface area contributed by atoms with Crippen molar-refractivity contribution < 1.29 is 4.79 Å². The number of halogens is 2. The van der Waals surface area contributed by atoms with E-state index in [9.17, 15) is 4.79 Å². The number of hydrogen-bond acceptors (Lipinski definition) is 3. The maximum absolute atomic E-state index is 12.2. The van der Waals surface area contributed by atoms with Gasteiger partial charge in [-0.2, -0.15) is 11.8 Å². The number of rotatable bonds is 4. The number of anilines is 2. The van der Waals surface area contributed by atoms with E-state index in [-0.39, 0.29) is 5.91 Å². The molecule has 0 heterocycles. The summed E-state index contributed by atoms with van der Waals surface area (Å²) in [5.74, 6) is 0.649. The van der Waals surface area contributed by atoms with Crippen LogP contribution < -0.4 is 11.1 Å².